The number of rotatable bonds is 8. The van der Waals surface area contributed by atoms with Gasteiger partial charge in [0.2, 0.25) is 0 Å². The summed E-state index contributed by atoms with van der Waals surface area (Å²) >= 11 is 0. The molecular formula is C129H138N4. The smallest absolute Gasteiger partial charge is 0.0543 e. The molecule has 0 N–H and O–H groups in total. The Morgan fingerprint density at radius 2 is 0.414 bits per heavy atom. The summed E-state index contributed by atoms with van der Waals surface area (Å²) in [6.07, 6.45) is 0.909. The van der Waals surface area contributed by atoms with Gasteiger partial charge < -0.3 is 19.6 Å². The summed E-state index contributed by atoms with van der Waals surface area (Å²) in [5.41, 5.74) is 29.1. The van der Waals surface area contributed by atoms with Gasteiger partial charge in [0.1, 0.15) is 0 Å². The van der Waals surface area contributed by atoms with E-state index in [1.165, 1.54) is 132 Å². The normalized spacial score (nSPS) is 16.8. The van der Waals surface area contributed by atoms with E-state index >= 15 is 0 Å². The van der Waals surface area contributed by atoms with Crippen LogP contribution in [0.4, 0.5) is 68.2 Å². The Morgan fingerprint density at radius 3 is 0.639 bits per heavy atom. The molecule has 4 heteroatoms. The molecule has 674 valence electrons. The molecule has 0 saturated heterocycles. The largest absolute Gasteiger partial charge is 0.310 e. The Bertz CT molecular complexity index is 6630. The first-order chi connectivity index (χ1) is 62.5. The summed E-state index contributed by atoms with van der Waals surface area (Å²) in [6, 6.07) is 127. The highest BCUT2D eigenvalue weighted by Gasteiger charge is 2.72. The van der Waals surface area contributed by atoms with Crippen molar-refractivity contribution in [2.75, 3.05) is 19.6 Å². The SMILES string of the molecule is CC(C)(C)c1ccc(N(c2ccc(C(C)(C)C)cc2)c2cc3c(c4ccccc24)-c2c4cc(c5ccccc25)N(c2ccc(C(C)(C)C)cc2)c2ccc(cc2)C(C)(C)CC(C)(C)c2ccc(cc2)N(c2ccc(C(C)(C)C)cc2)c2cc5c(c6ccccc26)-c2c(cc(N(c6ccc(C(C)(C)C)cc6)c6ccc(C(C)(C)C)cc6)c6ccccc26)C5(C(C)(C)C)C34C(C)(C)C)cc1. The molecule has 0 fully saturated rings. The third-order valence-electron chi connectivity index (χ3n) is 30.6. The maximum atomic E-state index is 2.78. The molecule has 3 aliphatic heterocycles. The summed E-state index contributed by atoms with van der Waals surface area (Å²) in [5.74, 6) is 0. The molecular weight excluding hydrogens is 1610 g/mol. The van der Waals surface area contributed by atoms with Crippen molar-refractivity contribution < 1.29 is 0 Å². The summed E-state index contributed by atoms with van der Waals surface area (Å²) in [7, 11) is 0. The number of anilines is 12. The van der Waals surface area contributed by atoms with E-state index in [1.807, 2.05) is 0 Å². The van der Waals surface area contributed by atoms with Crippen LogP contribution >= 0.6 is 0 Å². The van der Waals surface area contributed by atoms with Crippen LogP contribution in [-0.2, 0) is 54.1 Å². The molecule has 16 aromatic rings. The molecule has 0 radical (unpaired) electrons. The molecule has 2 atom stereocenters. The van der Waals surface area contributed by atoms with Gasteiger partial charge in [-0.1, -0.05) is 388 Å². The van der Waals surface area contributed by atoms with Crippen molar-refractivity contribution in [2.45, 2.75) is 254 Å². The van der Waals surface area contributed by atoms with Crippen molar-refractivity contribution in [1.82, 2.24) is 0 Å². The lowest BCUT2D eigenvalue weighted by molar-refractivity contribution is 0.0596. The molecule has 2 aliphatic carbocycles. The van der Waals surface area contributed by atoms with Crippen LogP contribution in [0.2, 0.25) is 0 Å². The molecule has 0 amide bonds. The highest BCUT2D eigenvalue weighted by Crippen LogP contribution is 2.79. The van der Waals surface area contributed by atoms with Gasteiger partial charge in [-0.2, -0.15) is 0 Å². The van der Waals surface area contributed by atoms with E-state index in [-0.39, 0.29) is 43.3 Å². The average molecular weight is 1740 g/mol. The second kappa shape index (κ2) is 31.2. The summed E-state index contributed by atoms with van der Waals surface area (Å²) < 4.78 is 0. The Kier molecular flexibility index (Phi) is 21.1. The fraction of sp³-hybridized carbons (Fsp3) is 0.318. The molecule has 16 aromatic carbocycles. The fourth-order valence-corrected chi connectivity index (χ4v) is 24.1. The molecule has 0 aromatic heterocycles. The number of fused-ring (bicyclic) bond motifs is 14. The second-order valence-electron chi connectivity index (χ2n) is 48.6. The van der Waals surface area contributed by atoms with E-state index in [0.29, 0.717) is 0 Å². The highest BCUT2D eigenvalue weighted by molar-refractivity contribution is 6.22. The molecule has 4 nitrogen and oxygen atoms in total. The van der Waals surface area contributed by atoms with E-state index in [4.69, 9.17) is 0 Å². The van der Waals surface area contributed by atoms with Gasteiger partial charge in [-0.3, -0.25) is 0 Å². The van der Waals surface area contributed by atoms with Gasteiger partial charge in [0.25, 0.3) is 0 Å². The van der Waals surface area contributed by atoms with Crippen LogP contribution in [0.3, 0.4) is 0 Å². The first kappa shape index (κ1) is 90.0. The average Bonchev–Trinajstić information content (AvgIpc) is 1.46. The monoisotopic (exact) mass is 1740 g/mol. The lowest BCUT2D eigenvalue weighted by Gasteiger charge is -2.62. The van der Waals surface area contributed by atoms with Gasteiger partial charge in [0, 0.05) is 77.9 Å². The van der Waals surface area contributed by atoms with E-state index in [9.17, 15) is 0 Å². The summed E-state index contributed by atoms with van der Waals surface area (Å²) in [5, 5.41) is 9.53. The molecule has 8 bridgehead atoms. The van der Waals surface area contributed by atoms with Crippen LogP contribution in [-0.4, -0.2) is 0 Å². The van der Waals surface area contributed by atoms with Gasteiger partial charge in [0.05, 0.1) is 22.7 Å². The third kappa shape index (κ3) is 14.6. The minimum Gasteiger partial charge on any atom is -0.310 e. The predicted molar refractivity (Wildman–Crippen MR) is 576 cm³/mol. The minimum atomic E-state index is -1.11. The van der Waals surface area contributed by atoms with Gasteiger partial charge in [-0.15, -0.1) is 0 Å². The zero-order chi connectivity index (χ0) is 94.6. The molecule has 0 saturated carbocycles. The molecule has 0 spiro atoms. The maximum Gasteiger partial charge on any atom is 0.0543 e. The van der Waals surface area contributed by atoms with E-state index < -0.39 is 21.7 Å². The summed E-state index contributed by atoms with van der Waals surface area (Å²) in [6.45, 7) is 67.8. The van der Waals surface area contributed by atoms with Crippen LogP contribution in [0, 0.1) is 10.8 Å². The predicted octanol–water partition coefficient (Wildman–Crippen LogP) is 37.2. The van der Waals surface area contributed by atoms with E-state index in [1.54, 1.807) is 0 Å². The van der Waals surface area contributed by atoms with Crippen LogP contribution in [0.1, 0.15) is 267 Å². The highest BCUT2D eigenvalue weighted by atomic mass is 15.2. The van der Waals surface area contributed by atoms with E-state index in [2.05, 4.69) is 529 Å². The van der Waals surface area contributed by atoms with Crippen molar-refractivity contribution in [3.63, 3.8) is 0 Å². The molecule has 3 heterocycles. The Hall–Kier alpha value is -12.2. The van der Waals surface area contributed by atoms with Crippen molar-refractivity contribution in [3.8, 4) is 22.3 Å². The number of hydrogen-bond donors (Lipinski definition) is 0. The second-order valence-corrected chi connectivity index (χ2v) is 48.6. The number of nitrogens with zero attached hydrogens (tertiary/aromatic N) is 4. The first-order valence-electron chi connectivity index (χ1n) is 48.8. The van der Waals surface area contributed by atoms with Crippen LogP contribution in [0.15, 0.2) is 315 Å². The van der Waals surface area contributed by atoms with Gasteiger partial charge >= 0.3 is 0 Å². The van der Waals surface area contributed by atoms with Crippen LogP contribution < -0.4 is 19.6 Å². The topological polar surface area (TPSA) is 13.0 Å². The van der Waals surface area contributed by atoms with Crippen molar-refractivity contribution in [1.29, 1.82) is 0 Å². The number of hydrogen-bond acceptors (Lipinski definition) is 4. The van der Waals surface area contributed by atoms with Crippen LogP contribution in [0.5, 0.6) is 0 Å². The zero-order valence-electron chi connectivity index (χ0n) is 84.5. The molecule has 133 heavy (non-hydrogen) atoms. The van der Waals surface area contributed by atoms with Gasteiger partial charge in [0.15, 0.2) is 0 Å². The minimum absolute atomic E-state index is 0.0941. The number of benzene rings is 16. The summed E-state index contributed by atoms with van der Waals surface area (Å²) in [4.78, 5) is 10.6. The van der Waals surface area contributed by atoms with Crippen LogP contribution in [0.25, 0.3) is 65.3 Å². The van der Waals surface area contributed by atoms with E-state index in [0.717, 1.165) is 74.7 Å². The van der Waals surface area contributed by atoms with Crippen molar-refractivity contribution in [3.05, 3.63) is 382 Å². The quantitative estimate of drug-likeness (QED) is 0.150. The maximum absolute atomic E-state index is 2.78. The lowest BCUT2D eigenvalue weighted by atomic mass is 9.39. The van der Waals surface area contributed by atoms with Gasteiger partial charge in [-0.25, -0.2) is 0 Å². The molecule has 2 unspecified atom stereocenters. The Morgan fingerprint density at radius 1 is 0.218 bits per heavy atom. The van der Waals surface area contributed by atoms with Gasteiger partial charge in [-0.05, 0) is 292 Å². The first-order valence-corrected chi connectivity index (χ1v) is 48.8. The third-order valence-corrected chi connectivity index (χ3v) is 30.6. The molecule has 21 rings (SSSR count). The lowest BCUT2D eigenvalue weighted by Crippen LogP contribution is -2.62. The molecule has 5 aliphatic rings. The fourth-order valence-electron chi connectivity index (χ4n) is 24.1. The van der Waals surface area contributed by atoms with Crippen molar-refractivity contribution >= 4 is 111 Å². The zero-order valence-corrected chi connectivity index (χ0v) is 84.5. The Balaban J connectivity index is 1.08. The Labute approximate surface area is 795 Å². The standard InChI is InChI=1S/C129H138N4/c1-118(2,3)82-45-61-90(62-46-82)130(91-63-47-83(48-64-91)119(4,5)6)110-77-106-114(102-41-33-29-37-98(102)110)116-104-43-35-31-39-100(104)112-79-108(116)128(106,124(19,20)21)129(125(22,23)24)107-78-111(131(92-65-49-84(50-66-92)120(7,8)9)93-67-51-85(52-68-93)121(10,11)12)99-38-30-34-42-103(99)115(107)117-105-44-36-32-40-101(105)113(80-109(117)129)133(95-71-55-87(56-72-95)123(16,17)18)97-75-59-89(60-76-97)127(27,28)81-126(25,26)88-57-73-96(74-58-88)132(112)94-69-53-86(54-70-94)122(13,14)15/h29-80H,81H2,1-28H3. The van der Waals surface area contributed by atoms with Crippen molar-refractivity contribution in [2.24, 2.45) is 10.8 Å².